The number of alkyl halides is 1. The second-order valence-corrected chi connectivity index (χ2v) is 8.12. The smallest absolute Gasteiger partial charge is 0.313 e. The molecule has 0 aliphatic carbocycles. The normalized spacial score (nSPS) is 15.9. The second-order valence-electron chi connectivity index (χ2n) is 8.12. The number of benzene rings is 1. The van der Waals surface area contributed by atoms with Crippen molar-refractivity contribution in [2.24, 2.45) is 10.9 Å². The van der Waals surface area contributed by atoms with E-state index in [1.54, 1.807) is 12.1 Å². The zero-order valence-electron chi connectivity index (χ0n) is 18.4. The van der Waals surface area contributed by atoms with Crippen molar-refractivity contribution in [2.45, 2.75) is 19.2 Å². The van der Waals surface area contributed by atoms with Crippen LogP contribution in [0.25, 0.3) is 11.1 Å². The molecule has 0 radical (unpaired) electrons. The lowest BCUT2D eigenvalue weighted by Crippen LogP contribution is -2.49. The maximum absolute atomic E-state index is 14.9. The maximum Gasteiger partial charge on any atom is 0.313 e. The van der Waals surface area contributed by atoms with Crippen LogP contribution in [-0.4, -0.2) is 77.9 Å². The molecule has 0 spiro atoms. The lowest BCUT2D eigenvalue weighted by atomic mass is 10.1. The summed E-state index contributed by atoms with van der Waals surface area (Å²) in [6.07, 6.45) is 2.00. The fourth-order valence-electron chi connectivity index (χ4n) is 3.49. The average molecular weight is 473 g/mol. The van der Waals surface area contributed by atoms with Gasteiger partial charge in [0.1, 0.15) is 37.5 Å². The molecule has 2 saturated heterocycles. The first-order chi connectivity index (χ1) is 16.4. The number of carbonyl (C=O) groups is 1. The summed E-state index contributed by atoms with van der Waals surface area (Å²) in [6, 6.07) is 4.75. The number of aromatic nitrogens is 2. The van der Waals surface area contributed by atoms with E-state index in [1.165, 1.54) is 18.5 Å². The quantitative estimate of drug-likeness (QED) is 0.175. The Hall–Kier alpha value is -3.67. The van der Waals surface area contributed by atoms with Gasteiger partial charge >= 0.3 is 5.97 Å². The highest BCUT2D eigenvalue weighted by Gasteiger charge is 2.27. The summed E-state index contributed by atoms with van der Waals surface area (Å²) in [5, 5.41) is 11.2. The Bertz CT molecular complexity index is 1070. The third kappa shape index (κ3) is 5.81. The van der Waals surface area contributed by atoms with Gasteiger partial charge in [-0.2, -0.15) is 0 Å². The minimum Gasteiger partial charge on any atom is -0.460 e. The van der Waals surface area contributed by atoms with E-state index in [9.17, 15) is 13.6 Å². The SMILES string of the molecule is N=C(N)CC(=O)OCc1cccc(-c2cnc(N3CC(=NOCCN4CC(F)C4)C3)nc2)c1F. The van der Waals surface area contributed by atoms with Gasteiger partial charge in [-0.15, -0.1) is 0 Å². The Labute approximate surface area is 194 Å². The van der Waals surface area contributed by atoms with Crippen LogP contribution in [0.2, 0.25) is 0 Å². The van der Waals surface area contributed by atoms with Crippen LogP contribution >= 0.6 is 0 Å². The number of hydrogen-bond donors (Lipinski definition) is 2. The van der Waals surface area contributed by atoms with Gasteiger partial charge in [-0.3, -0.25) is 15.1 Å². The highest BCUT2D eigenvalue weighted by atomic mass is 19.1. The Morgan fingerprint density at radius 1 is 1.26 bits per heavy atom. The Morgan fingerprint density at radius 2 is 2.00 bits per heavy atom. The minimum absolute atomic E-state index is 0.195. The number of amidine groups is 1. The van der Waals surface area contributed by atoms with Crippen molar-refractivity contribution >= 4 is 23.5 Å². The van der Waals surface area contributed by atoms with Crippen LogP contribution in [0.3, 0.4) is 0 Å². The standard InChI is InChI=1S/C22H25F2N7O3/c23-16-9-30(10-16)4-5-34-29-17-11-31(12-17)22-27-7-15(8-28-22)18-3-1-2-14(21(18)24)13-33-20(32)6-19(25)26/h1-3,7-8,16H,4-6,9-13H2,(H3,25,26). The van der Waals surface area contributed by atoms with E-state index in [2.05, 4.69) is 15.1 Å². The zero-order chi connectivity index (χ0) is 24.1. The van der Waals surface area contributed by atoms with Crippen molar-refractivity contribution < 1.29 is 23.1 Å². The zero-order valence-corrected chi connectivity index (χ0v) is 18.4. The molecular weight excluding hydrogens is 448 g/mol. The Morgan fingerprint density at radius 3 is 2.68 bits per heavy atom. The highest BCUT2D eigenvalue weighted by molar-refractivity contribution is 5.98. The van der Waals surface area contributed by atoms with Gasteiger partial charge < -0.3 is 20.2 Å². The number of esters is 1. The summed E-state index contributed by atoms with van der Waals surface area (Å²) in [7, 11) is 0. The number of nitrogens with one attached hydrogen (secondary N) is 1. The molecule has 2 fully saturated rings. The summed E-state index contributed by atoms with van der Waals surface area (Å²) in [5.41, 5.74) is 6.98. The maximum atomic E-state index is 14.9. The van der Waals surface area contributed by atoms with Gasteiger partial charge in [0.25, 0.3) is 0 Å². The predicted molar refractivity (Wildman–Crippen MR) is 121 cm³/mol. The minimum atomic E-state index is -0.721. The van der Waals surface area contributed by atoms with E-state index >= 15 is 0 Å². The van der Waals surface area contributed by atoms with Gasteiger partial charge in [-0.05, 0) is 0 Å². The molecule has 2 aliphatic rings. The fourth-order valence-corrected chi connectivity index (χ4v) is 3.49. The predicted octanol–water partition coefficient (Wildman–Crippen LogP) is 1.50. The second kappa shape index (κ2) is 10.5. The number of carbonyl (C=O) groups excluding carboxylic acids is 1. The molecule has 3 heterocycles. The lowest BCUT2D eigenvalue weighted by molar-refractivity contribution is -0.143. The largest absolute Gasteiger partial charge is 0.460 e. The molecule has 0 bridgehead atoms. The molecule has 2 aromatic rings. The summed E-state index contributed by atoms with van der Waals surface area (Å²) < 4.78 is 32.7. The van der Waals surface area contributed by atoms with Crippen molar-refractivity contribution in [3.63, 3.8) is 0 Å². The first-order valence-electron chi connectivity index (χ1n) is 10.8. The van der Waals surface area contributed by atoms with E-state index < -0.39 is 18.0 Å². The lowest BCUT2D eigenvalue weighted by Gasteiger charge is -2.34. The van der Waals surface area contributed by atoms with E-state index in [4.69, 9.17) is 20.7 Å². The number of hydrogen-bond acceptors (Lipinski definition) is 9. The van der Waals surface area contributed by atoms with Gasteiger partial charge in [0, 0.05) is 48.7 Å². The number of ether oxygens (including phenoxy) is 1. The topological polar surface area (TPSA) is 130 Å². The third-order valence-electron chi connectivity index (χ3n) is 5.39. The molecule has 10 nitrogen and oxygen atoms in total. The van der Waals surface area contributed by atoms with Gasteiger partial charge in [0.2, 0.25) is 5.95 Å². The summed E-state index contributed by atoms with van der Waals surface area (Å²) in [4.78, 5) is 29.3. The van der Waals surface area contributed by atoms with Crippen LogP contribution in [0.5, 0.6) is 0 Å². The fraction of sp³-hybridized carbons (Fsp3) is 0.409. The van der Waals surface area contributed by atoms with Crippen LogP contribution in [0.1, 0.15) is 12.0 Å². The molecule has 3 N–H and O–H groups in total. The van der Waals surface area contributed by atoms with E-state index in [-0.39, 0.29) is 30.0 Å². The molecule has 4 rings (SSSR count). The summed E-state index contributed by atoms with van der Waals surface area (Å²) in [5.74, 6) is -1.06. The number of likely N-dealkylation sites (tertiary alicyclic amines) is 1. The highest BCUT2D eigenvalue weighted by Crippen LogP contribution is 2.26. The molecule has 0 saturated carbocycles. The molecule has 1 aromatic heterocycles. The molecule has 2 aliphatic heterocycles. The van der Waals surface area contributed by atoms with Gasteiger partial charge in [0.15, 0.2) is 0 Å². The van der Waals surface area contributed by atoms with Crippen LogP contribution in [0, 0.1) is 11.2 Å². The van der Waals surface area contributed by atoms with E-state index in [0.29, 0.717) is 50.8 Å². The van der Waals surface area contributed by atoms with Crippen LogP contribution in [0.4, 0.5) is 14.7 Å². The molecule has 12 heteroatoms. The molecule has 34 heavy (non-hydrogen) atoms. The van der Waals surface area contributed by atoms with E-state index in [1.807, 2.05) is 9.80 Å². The first kappa shape index (κ1) is 23.5. The molecule has 0 atom stereocenters. The van der Waals surface area contributed by atoms with Crippen LogP contribution in [0.15, 0.2) is 35.7 Å². The van der Waals surface area contributed by atoms with Crippen molar-refractivity contribution in [3.05, 3.63) is 42.0 Å². The summed E-state index contributed by atoms with van der Waals surface area (Å²) in [6.45, 7) is 2.80. The van der Waals surface area contributed by atoms with Gasteiger partial charge in [0.05, 0.1) is 18.8 Å². The monoisotopic (exact) mass is 473 g/mol. The van der Waals surface area contributed by atoms with Crippen molar-refractivity contribution in [3.8, 4) is 11.1 Å². The number of oxime groups is 1. The van der Waals surface area contributed by atoms with Gasteiger partial charge in [-0.25, -0.2) is 18.7 Å². The number of nitrogens with two attached hydrogens (primary N) is 1. The molecule has 1 aromatic carbocycles. The summed E-state index contributed by atoms with van der Waals surface area (Å²) >= 11 is 0. The Balaban J connectivity index is 1.28. The Kier molecular flexibility index (Phi) is 7.26. The number of rotatable bonds is 10. The first-order valence-corrected chi connectivity index (χ1v) is 10.8. The third-order valence-corrected chi connectivity index (χ3v) is 5.39. The molecule has 180 valence electrons. The number of halogens is 2. The molecular formula is C22H25F2N7O3. The van der Waals surface area contributed by atoms with Crippen molar-refractivity contribution in [1.82, 2.24) is 14.9 Å². The van der Waals surface area contributed by atoms with Gasteiger partial charge in [-0.1, -0.05) is 23.4 Å². The van der Waals surface area contributed by atoms with Crippen LogP contribution in [-0.2, 0) is 21.0 Å². The average Bonchev–Trinajstić information content (AvgIpc) is 2.75. The van der Waals surface area contributed by atoms with Crippen molar-refractivity contribution in [1.29, 1.82) is 5.41 Å². The molecule has 0 amide bonds. The molecule has 0 unspecified atom stereocenters. The van der Waals surface area contributed by atoms with Crippen LogP contribution < -0.4 is 10.6 Å². The number of nitrogens with zero attached hydrogens (tertiary/aromatic N) is 5. The van der Waals surface area contributed by atoms with E-state index in [0.717, 1.165) is 5.71 Å². The van der Waals surface area contributed by atoms with Crippen molar-refractivity contribution in [2.75, 3.05) is 44.2 Å². The number of anilines is 1.